The molecule has 2 heterocycles. The molecule has 1 saturated heterocycles. The van der Waals surface area contributed by atoms with Gasteiger partial charge in [0.1, 0.15) is 0 Å². The lowest BCUT2D eigenvalue weighted by atomic mass is 10.0. The minimum absolute atomic E-state index is 0.0418. The molecule has 1 atom stereocenters. The van der Waals surface area contributed by atoms with Crippen LogP contribution in [-0.2, 0) is 29.1 Å². The van der Waals surface area contributed by atoms with E-state index in [1.165, 1.54) is 25.1 Å². The van der Waals surface area contributed by atoms with Crippen LogP contribution in [0.3, 0.4) is 0 Å². The fourth-order valence-corrected chi connectivity index (χ4v) is 6.66. The molecule has 1 aromatic heterocycles. The lowest BCUT2D eigenvalue weighted by molar-refractivity contribution is -0.138. The number of rotatable bonds is 6. The maximum absolute atomic E-state index is 14.2. The van der Waals surface area contributed by atoms with Crippen molar-refractivity contribution in [1.82, 2.24) is 14.5 Å². The number of nitrogens with one attached hydrogen (secondary N) is 1. The zero-order valence-corrected chi connectivity index (χ0v) is 23.4. The second-order valence-corrected chi connectivity index (χ2v) is 12.7. The average molecular weight is 638 g/mol. The number of halogens is 5. The Balaban J connectivity index is 1.89. The van der Waals surface area contributed by atoms with Gasteiger partial charge in [-0.3, -0.25) is 14.3 Å². The summed E-state index contributed by atoms with van der Waals surface area (Å²) in [7, 11) is -3.75. The number of benzene rings is 2. The first-order chi connectivity index (χ1) is 17.7. The second-order valence-electron chi connectivity index (χ2n) is 9.25. The summed E-state index contributed by atoms with van der Waals surface area (Å²) in [5, 5.41) is -0.200. The Bertz CT molecular complexity index is 1620. The molecule has 1 aliphatic heterocycles. The van der Waals surface area contributed by atoms with Gasteiger partial charge in [0, 0.05) is 28.6 Å². The van der Waals surface area contributed by atoms with Crippen LogP contribution < -0.4 is 17.0 Å². The molecular weight excluding hydrogens is 613 g/mol. The number of aromatic amines is 1. The second kappa shape index (κ2) is 10.8. The Morgan fingerprint density at radius 3 is 2.55 bits per heavy atom. The number of piperidine rings is 1. The van der Waals surface area contributed by atoms with Crippen LogP contribution in [0, 0.1) is 0 Å². The highest BCUT2D eigenvalue weighted by atomic mass is 79.9. The summed E-state index contributed by atoms with van der Waals surface area (Å²) in [6, 6.07) is 4.52. The quantitative estimate of drug-likeness (QED) is 0.424. The van der Waals surface area contributed by atoms with Crippen LogP contribution in [0.25, 0.3) is 10.9 Å². The van der Waals surface area contributed by atoms with Gasteiger partial charge in [-0.1, -0.05) is 18.5 Å². The monoisotopic (exact) mass is 636 g/mol. The van der Waals surface area contributed by atoms with Crippen molar-refractivity contribution in [3.05, 3.63) is 71.3 Å². The van der Waals surface area contributed by atoms with Crippen molar-refractivity contribution in [2.45, 2.75) is 50.0 Å². The van der Waals surface area contributed by atoms with E-state index in [1.54, 1.807) is 0 Å². The largest absolute Gasteiger partial charge is 0.416 e. The zero-order chi connectivity index (χ0) is 28.0. The van der Waals surface area contributed by atoms with Crippen molar-refractivity contribution in [3.63, 3.8) is 0 Å². The SMILES string of the molecule is CCS(=O)(=O)c1ccc(Cl)cc1Cn1c(=O)[nH]c2c(Br)c(CN3CCC[C@H](N)C3)c(C(F)(F)F)cc2c1=O. The topological polar surface area (TPSA) is 118 Å². The fraction of sp³-hybridized carbons (Fsp3) is 0.417. The Hall–Kier alpha value is -2.19. The molecule has 206 valence electrons. The van der Waals surface area contributed by atoms with Gasteiger partial charge in [-0.05, 0) is 70.7 Å². The summed E-state index contributed by atoms with van der Waals surface area (Å²) in [6.45, 7) is 1.84. The number of sulfone groups is 1. The number of nitrogens with zero attached hydrogens (tertiary/aromatic N) is 2. The molecule has 2 aromatic carbocycles. The minimum atomic E-state index is -4.79. The standard InChI is InChI=1S/C24H25BrClF3N4O4S/c1-2-38(36,37)19-6-5-14(26)8-13(19)10-33-22(34)16-9-18(24(27,28)29)17(20(25)21(16)31-23(33)35)12-32-7-3-4-15(30)11-32/h5-6,8-9,15H,2-4,7,10-12,30H2,1H3,(H,31,35)/t15-/m0/s1. The molecular formula is C24H25BrClF3N4O4S. The van der Waals surface area contributed by atoms with Crippen molar-refractivity contribution in [2.75, 3.05) is 18.8 Å². The third kappa shape index (κ3) is 5.71. The van der Waals surface area contributed by atoms with E-state index in [-0.39, 0.29) is 54.8 Å². The molecule has 0 bridgehead atoms. The van der Waals surface area contributed by atoms with Crippen molar-refractivity contribution in [2.24, 2.45) is 5.73 Å². The summed E-state index contributed by atoms with van der Waals surface area (Å²) in [6.07, 6.45) is -3.26. The Morgan fingerprint density at radius 2 is 1.92 bits per heavy atom. The highest BCUT2D eigenvalue weighted by Gasteiger charge is 2.36. The smallest absolute Gasteiger partial charge is 0.327 e. The number of nitrogens with two attached hydrogens (primary N) is 1. The van der Waals surface area contributed by atoms with E-state index in [9.17, 15) is 31.2 Å². The van der Waals surface area contributed by atoms with E-state index < -0.39 is 39.4 Å². The van der Waals surface area contributed by atoms with Crippen molar-refractivity contribution >= 4 is 48.3 Å². The van der Waals surface area contributed by atoms with Gasteiger partial charge in [0.05, 0.1) is 33.7 Å². The molecule has 1 aliphatic rings. The summed E-state index contributed by atoms with van der Waals surface area (Å²) in [5.74, 6) is -0.239. The molecule has 14 heteroatoms. The van der Waals surface area contributed by atoms with Crippen LogP contribution in [0.2, 0.25) is 5.02 Å². The number of fused-ring (bicyclic) bond motifs is 1. The molecule has 38 heavy (non-hydrogen) atoms. The minimum Gasteiger partial charge on any atom is -0.327 e. The van der Waals surface area contributed by atoms with Gasteiger partial charge in [-0.25, -0.2) is 13.2 Å². The van der Waals surface area contributed by atoms with Crippen LogP contribution in [0.4, 0.5) is 13.2 Å². The van der Waals surface area contributed by atoms with Crippen molar-refractivity contribution in [1.29, 1.82) is 0 Å². The molecule has 3 aromatic rings. The zero-order valence-electron chi connectivity index (χ0n) is 20.2. The van der Waals surface area contributed by atoms with Gasteiger partial charge in [0.25, 0.3) is 5.56 Å². The molecule has 0 radical (unpaired) electrons. The van der Waals surface area contributed by atoms with Gasteiger partial charge in [-0.2, -0.15) is 13.2 Å². The molecule has 0 amide bonds. The number of aromatic nitrogens is 2. The maximum atomic E-state index is 14.2. The van der Waals surface area contributed by atoms with Gasteiger partial charge >= 0.3 is 11.9 Å². The van der Waals surface area contributed by atoms with E-state index >= 15 is 0 Å². The Morgan fingerprint density at radius 1 is 1.21 bits per heavy atom. The first kappa shape index (κ1) is 28.8. The number of likely N-dealkylation sites (tertiary alicyclic amines) is 1. The van der Waals surface area contributed by atoms with Crippen LogP contribution in [0.1, 0.15) is 36.5 Å². The van der Waals surface area contributed by atoms with Crippen LogP contribution >= 0.6 is 27.5 Å². The molecule has 3 N–H and O–H groups in total. The van der Waals surface area contributed by atoms with Gasteiger partial charge in [-0.15, -0.1) is 0 Å². The summed E-state index contributed by atoms with van der Waals surface area (Å²) < 4.78 is 68.3. The van der Waals surface area contributed by atoms with E-state index in [1.807, 2.05) is 4.90 Å². The first-order valence-electron chi connectivity index (χ1n) is 11.8. The third-order valence-electron chi connectivity index (χ3n) is 6.62. The number of alkyl halides is 3. The summed E-state index contributed by atoms with van der Waals surface area (Å²) in [4.78, 5) is 30.6. The van der Waals surface area contributed by atoms with Gasteiger partial charge < -0.3 is 10.7 Å². The third-order valence-corrected chi connectivity index (χ3v) is 9.55. The lowest BCUT2D eigenvalue weighted by Gasteiger charge is -2.31. The van der Waals surface area contributed by atoms with E-state index in [0.29, 0.717) is 17.7 Å². The Kier molecular flexibility index (Phi) is 8.16. The summed E-state index contributed by atoms with van der Waals surface area (Å²) >= 11 is 9.25. The van der Waals surface area contributed by atoms with E-state index in [4.69, 9.17) is 17.3 Å². The molecule has 1 fully saturated rings. The molecule has 0 unspecified atom stereocenters. The lowest BCUT2D eigenvalue weighted by Crippen LogP contribution is -2.42. The molecule has 0 spiro atoms. The normalized spacial score (nSPS) is 17.3. The highest BCUT2D eigenvalue weighted by Crippen LogP contribution is 2.39. The van der Waals surface area contributed by atoms with Crippen LogP contribution in [0.5, 0.6) is 0 Å². The molecule has 0 aliphatic carbocycles. The van der Waals surface area contributed by atoms with Gasteiger partial charge in [0.2, 0.25) is 0 Å². The van der Waals surface area contributed by atoms with Crippen molar-refractivity contribution < 1.29 is 21.6 Å². The molecule has 0 saturated carbocycles. The average Bonchev–Trinajstić information content (AvgIpc) is 2.83. The summed E-state index contributed by atoms with van der Waals surface area (Å²) in [5.41, 5.74) is 2.96. The Labute approximate surface area is 229 Å². The predicted molar refractivity (Wildman–Crippen MR) is 142 cm³/mol. The molecule has 8 nitrogen and oxygen atoms in total. The number of H-pyrrole nitrogens is 1. The van der Waals surface area contributed by atoms with E-state index in [2.05, 4.69) is 20.9 Å². The maximum Gasteiger partial charge on any atom is 0.416 e. The fourth-order valence-electron chi connectivity index (χ4n) is 4.70. The van der Waals surface area contributed by atoms with E-state index in [0.717, 1.165) is 18.9 Å². The first-order valence-corrected chi connectivity index (χ1v) is 14.6. The van der Waals surface area contributed by atoms with Crippen LogP contribution in [0.15, 0.2) is 43.2 Å². The predicted octanol–water partition coefficient (Wildman–Crippen LogP) is 3.89. The van der Waals surface area contributed by atoms with Gasteiger partial charge in [0.15, 0.2) is 9.84 Å². The van der Waals surface area contributed by atoms with Crippen molar-refractivity contribution in [3.8, 4) is 0 Å². The molecule has 4 rings (SSSR count). The number of hydrogen-bond donors (Lipinski definition) is 2. The van der Waals surface area contributed by atoms with Crippen LogP contribution in [-0.4, -0.2) is 47.8 Å². The number of hydrogen-bond acceptors (Lipinski definition) is 6. The highest BCUT2D eigenvalue weighted by molar-refractivity contribution is 9.10.